The van der Waals surface area contributed by atoms with Crippen molar-refractivity contribution in [2.45, 2.75) is 22.3 Å². The van der Waals surface area contributed by atoms with Crippen LogP contribution in [0.15, 0.2) is 33.0 Å². The number of amides is 1. The number of ether oxygens (including phenoxy) is 1. The van der Waals surface area contributed by atoms with Gasteiger partial charge in [0.2, 0.25) is 5.96 Å². The van der Waals surface area contributed by atoms with Crippen molar-refractivity contribution in [2.24, 2.45) is 4.99 Å². The van der Waals surface area contributed by atoms with Crippen LogP contribution in [0.1, 0.15) is 18.0 Å². The molecule has 0 aromatic heterocycles. The fourth-order valence-corrected chi connectivity index (χ4v) is 4.13. The number of guanidine groups is 1. The number of aliphatic imine (C=N–C) groups is 1. The van der Waals surface area contributed by atoms with Crippen molar-refractivity contribution >= 4 is 33.7 Å². The van der Waals surface area contributed by atoms with Crippen LogP contribution in [0.25, 0.3) is 0 Å². The van der Waals surface area contributed by atoms with Crippen molar-refractivity contribution in [3.05, 3.63) is 23.8 Å². The van der Waals surface area contributed by atoms with Crippen LogP contribution in [0.5, 0.6) is 0 Å². The largest absolute Gasteiger partial charge is 0.453 e. The number of nitrogens with zero attached hydrogens (tertiary/aromatic N) is 1. The molecule has 126 valence electrons. The standard InChI is InChI=1S/C14H19N3O4S2/c1-21-14(18)17-13-15-8-7-9(16-13)12-10(22(2)19)5-4-6-11(12)23(3)20/h4-6,9H,7-8H2,1-3H3,(H2,15,16,17,18). The summed E-state index contributed by atoms with van der Waals surface area (Å²) < 4.78 is 28.7. The number of benzene rings is 1. The van der Waals surface area contributed by atoms with E-state index in [4.69, 9.17) is 0 Å². The highest BCUT2D eigenvalue weighted by atomic mass is 32.2. The number of carbonyl (C=O) groups excluding carboxylic acids is 1. The maximum atomic E-state index is 12.1. The van der Waals surface area contributed by atoms with Gasteiger partial charge < -0.3 is 10.1 Å². The molecule has 1 heterocycles. The highest BCUT2D eigenvalue weighted by molar-refractivity contribution is 7.85. The predicted molar refractivity (Wildman–Crippen MR) is 89.4 cm³/mol. The molecule has 2 rings (SSSR count). The molecule has 0 bridgehead atoms. The van der Waals surface area contributed by atoms with Gasteiger partial charge >= 0.3 is 6.09 Å². The van der Waals surface area contributed by atoms with E-state index in [1.165, 1.54) is 7.11 Å². The van der Waals surface area contributed by atoms with E-state index >= 15 is 0 Å². The second kappa shape index (κ2) is 7.69. The molecule has 23 heavy (non-hydrogen) atoms. The fraction of sp³-hybridized carbons (Fsp3) is 0.429. The molecule has 0 saturated carbocycles. The van der Waals surface area contributed by atoms with Crippen molar-refractivity contribution in [3.63, 3.8) is 0 Å². The zero-order chi connectivity index (χ0) is 17.0. The van der Waals surface area contributed by atoms with Gasteiger partial charge in [-0.15, -0.1) is 0 Å². The van der Waals surface area contributed by atoms with Crippen LogP contribution in [0.4, 0.5) is 4.79 Å². The lowest BCUT2D eigenvalue weighted by Gasteiger charge is -2.27. The van der Waals surface area contributed by atoms with Gasteiger partial charge in [0.25, 0.3) is 0 Å². The summed E-state index contributed by atoms with van der Waals surface area (Å²) in [6.45, 7) is 0.484. The normalized spacial score (nSPS) is 20.0. The lowest BCUT2D eigenvalue weighted by molar-refractivity contribution is 0.176. The Labute approximate surface area is 139 Å². The number of hydrogen-bond acceptors (Lipinski definition) is 6. The topological polar surface area (TPSA) is 96.9 Å². The molecule has 1 aromatic rings. The fourth-order valence-electron chi connectivity index (χ4n) is 2.40. The molecule has 1 aliphatic rings. The Morgan fingerprint density at radius 1 is 1.30 bits per heavy atom. The zero-order valence-corrected chi connectivity index (χ0v) is 14.8. The number of methoxy groups -OCH3 is 1. The number of hydrogen-bond donors (Lipinski definition) is 2. The molecule has 7 nitrogen and oxygen atoms in total. The van der Waals surface area contributed by atoms with Gasteiger partial charge in [-0.2, -0.15) is 0 Å². The third kappa shape index (κ3) is 4.17. The maximum absolute atomic E-state index is 12.1. The van der Waals surface area contributed by atoms with Crippen molar-refractivity contribution < 1.29 is 17.9 Å². The number of alkyl carbamates (subject to hydrolysis) is 1. The summed E-state index contributed by atoms with van der Waals surface area (Å²) in [5, 5.41) is 5.59. The second-order valence-electron chi connectivity index (χ2n) is 4.91. The third-order valence-corrected chi connectivity index (χ3v) is 5.35. The van der Waals surface area contributed by atoms with Crippen molar-refractivity contribution in [1.82, 2.24) is 10.6 Å². The summed E-state index contributed by atoms with van der Waals surface area (Å²) in [4.78, 5) is 16.8. The molecule has 2 N–H and O–H groups in total. The summed E-state index contributed by atoms with van der Waals surface area (Å²) in [6, 6.07) is 5.05. The molecule has 0 aliphatic carbocycles. The van der Waals surface area contributed by atoms with E-state index in [0.29, 0.717) is 22.8 Å². The van der Waals surface area contributed by atoms with E-state index in [1.54, 1.807) is 30.7 Å². The maximum Gasteiger partial charge on any atom is 0.413 e. The summed E-state index contributed by atoms with van der Waals surface area (Å²) in [5.74, 6) is 0.289. The first kappa shape index (κ1) is 17.6. The Morgan fingerprint density at radius 2 is 1.91 bits per heavy atom. The van der Waals surface area contributed by atoms with E-state index < -0.39 is 27.7 Å². The smallest absolute Gasteiger partial charge is 0.413 e. The van der Waals surface area contributed by atoms with Crippen molar-refractivity contribution in [3.8, 4) is 0 Å². The number of carbonyl (C=O) groups is 1. The Bertz CT molecular complexity index is 658. The average Bonchev–Trinajstić information content (AvgIpc) is 2.54. The van der Waals surface area contributed by atoms with Gasteiger partial charge in [-0.3, -0.25) is 18.7 Å². The number of nitrogens with one attached hydrogen (secondary N) is 2. The molecule has 3 unspecified atom stereocenters. The third-order valence-electron chi connectivity index (χ3n) is 3.40. The summed E-state index contributed by atoms with van der Waals surface area (Å²) in [6.07, 6.45) is 3.20. The molecular formula is C14H19N3O4S2. The van der Waals surface area contributed by atoms with Crippen LogP contribution in [-0.2, 0) is 26.3 Å². The zero-order valence-electron chi connectivity index (χ0n) is 13.1. The minimum Gasteiger partial charge on any atom is -0.453 e. The van der Waals surface area contributed by atoms with Crippen LogP contribution in [0.2, 0.25) is 0 Å². The molecule has 3 atom stereocenters. The van der Waals surface area contributed by atoms with E-state index in [-0.39, 0.29) is 12.0 Å². The minimum atomic E-state index is -1.22. The summed E-state index contributed by atoms with van der Waals surface area (Å²) in [5.41, 5.74) is 0.744. The highest BCUT2D eigenvalue weighted by Crippen LogP contribution is 2.30. The molecule has 0 fully saturated rings. The Balaban J connectivity index is 2.38. The van der Waals surface area contributed by atoms with E-state index in [0.717, 1.165) is 5.56 Å². The minimum absolute atomic E-state index is 0.237. The van der Waals surface area contributed by atoms with E-state index in [1.807, 2.05) is 0 Å². The van der Waals surface area contributed by atoms with Gasteiger partial charge in [0, 0.05) is 34.4 Å². The van der Waals surface area contributed by atoms with Crippen LogP contribution in [0, 0.1) is 0 Å². The van der Waals surface area contributed by atoms with E-state index in [2.05, 4.69) is 20.4 Å². The first-order valence-electron chi connectivity index (χ1n) is 6.89. The van der Waals surface area contributed by atoms with Crippen molar-refractivity contribution in [1.29, 1.82) is 0 Å². The Hall–Kier alpha value is -1.74. The van der Waals surface area contributed by atoms with Gasteiger partial charge in [0.05, 0.1) is 34.8 Å². The van der Waals surface area contributed by atoms with Gasteiger partial charge in [-0.25, -0.2) is 4.79 Å². The molecule has 0 spiro atoms. The van der Waals surface area contributed by atoms with Gasteiger partial charge in [0.1, 0.15) is 0 Å². The number of rotatable bonds is 3. The van der Waals surface area contributed by atoms with Gasteiger partial charge in [-0.05, 0) is 18.6 Å². The SMILES string of the molecule is COC(=O)NC1=NCCC(c2c(S(C)=O)cccc2S(C)=O)N1. The monoisotopic (exact) mass is 357 g/mol. The Morgan fingerprint density at radius 3 is 2.43 bits per heavy atom. The van der Waals surface area contributed by atoms with Crippen molar-refractivity contribution in [2.75, 3.05) is 26.2 Å². The van der Waals surface area contributed by atoms with Gasteiger partial charge in [0.15, 0.2) is 0 Å². The molecule has 9 heteroatoms. The lowest BCUT2D eigenvalue weighted by atomic mass is 10.0. The first-order valence-corrected chi connectivity index (χ1v) is 10.0. The van der Waals surface area contributed by atoms with Gasteiger partial charge in [-0.1, -0.05) is 6.07 Å². The molecular weight excluding hydrogens is 338 g/mol. The highest BCUT2D eigenvalue weighted by Gasteiger charge is 2.26. The van der Waals surface area contributed by atoms with Crippen LogP contribution < -0.4 is 10.6 Å². The second-order valence-corrected chi connectivity index (χ2v) is 7.60. The Kier molecular flexibility index (Phi) is 5.89. The van der Waals surface area contributed by atoms with Crippen LogP contribution in [-0.4, -0.2) is 46.6 Å². The molecule has 1 amide bonds. The lowest BCUT2D eigenvalue weighted by Crippen LogP contribution is -2.45. The van der Waals surface area contributed by atoms with Crippen LogP contribution >= 0.6 is 0 Å². The average molecular weight is 357 g/mol. The summed E-state index contributed by atoms with van der Waals surface area (Å²) in [7, 11) is -1.17. The molecule has 1 aromatic carbocycles. The molecule has 0 saturated heterocycles. The van der Waals surface area contributed by atoms with Crippen LogP contribution in [0.3, 0.4) is 0 Å². The van der Waals surface area contributed by atoms with E-state index in [9.17, 15) is 13.2 Å². The molecule has 0 radical (unpaired) electrons. The molecule has 1 aliphatic heterocycles. The summed E-state index contributed by atoms with van der Waals surface area (Å²) >= 11 is 0. The first-order chi connectivity index (χ1) is 10.9. The quantitative estimate of drug-likeness (QED) is 0.838. The predicted octanol–water partition coefficient (Wildman–Crippen LogP) is 0.908.